The van der Waals surface area contributed by atoms with E-state index in [-0.39, 0.29) is 17.7 Å². The van der Waals surface area contributed by atoms with E-state index in [1.54, 1.807) is 12.1 Å². The first-order valence-electron chi connectivity index (χ1n) is 5.89. The largest absolute Gasteiger partial charge is 0.494 e. The number of halogens is 1. The molecule has 0 aliphatic heterocycles. The van der Waals surface area contributed by atoms with Crippen LogP contribution in [0, 0.1) is 5.82 Å². The summed E-state index contributed by atoms with van der Waals surface area (Å²) in [7, 11) is 1.41. The van der Waals surface area contributed by atoms with Gasteiger partial charge in [0, 0.05) is 12.1 Å². The Morgan fingerprint density at radius 3 is 2.83 bits per heavy atom. The molecule has 0 bridgehead atoms. The van der Waals surface area contributed by atoms with Gasteiger partial charge in [-0.25, -0.2) is 4.39 Å². The lowest BCUT2D eigenvalue weighted by molar-refractivity contribution is -0.117. The first-order chi connectivity index (χ1) is 8.56. The van der Waals surface area contributed by atoms with Crippen LogP contribution in [-0.4, -0.2) is 19.1 Å². The van der Waals surface area contributed by atoms with Gasteiger partial charge in [0.25, 0.3) is 0 Å². The minimum atomic E-state index is -0.443. The van der Waals surface area contributed by atoms with E-state index >= 15 is 0 Å². The van der Waals surface area contributed by atoms with Crippen LogP contribution in [0.15, 0.2) is 24.3 Å². The van der Waals surface area contributed by atoms with Crippen molar-refractivity contribution >= 4 is 12.0 Å². The molecule has 1 atom stereocenters. The van der Waals surface area contributed by atoms with Gasteiger partial charge in [-0.1, -0.05) is 13.0 Å². The van der Waals surface area contributed by atoms with Gasteiger partial charge < -0.3 is 10.1 Å². The molecule has 1 amide bonds. The molecule has 0 aliphatic carbocycles. The molecule has 0 saturated carbocycles. The maximum Gasteiger partial charge on any atom is 0.244 e. The van der Waals surface area contributed by atoms with Crippen LogP contribution in [0.2, 0.25) is 0 Å². The van der Waals surface area contributed by atoms with E-state index in [0.717, 1.165) is 6.42 Å². The smallest absolute Gasteiger partial charge is 0.244 e. The van der Waals surface area contributed by atoms with Gasteiger partial charge >= 0.3 is 0 Å². The van der Waals surface area contributed by atoms with Gasteiger partial charge in [-0.2, -0.15) is 0 Å². The number of benzene rings is 1. The molecule has 0 heterocycles. The average Bonchev–Trinajstić information content (AvgIpc) is 2.36. The Balaban J connectivity index is 2.67. The molecular weight excluding hydrogens is 233 g/mol. The van der Waals surface area contributed by atoms with E-state index < -0.39 is 5.82 Å². The molecule has 0 fully saturated rings. The number of hydrogen-bond acceptors (Lipinski definition) is 2. The highest BCUT2D eigenvalue weighted by Crippen LogP contribution is 2.18. The minimum Gasteiger partial charge on any atom is -0.494 e. The van der Waals surface area contributed by atoms with Crippen LogP contribution in [0.1, 0.15) is 25.8 Å². The third-order valence-electron chi connectivity index (χ3n) is 2.60. The monoisotopic (exact) mass is 251 g/mol. The lowest BCUT2D eigenvalue weighted by Crippen LogP contribution is -2.30. The maximum absolute atomic E-state index is 13.4. The molecule has 1 rings (SSSR count). The summed E-state index contributed by atoms with van der Waals surface area (Å²) in [6.45, 7) is 3.92. The van der Waals surface area contributed by atoms with Crippen molar-refractivity contribution in [3.8, 4) is 5.75 Å². The first kappa shape index (κ1) is 14.2. The number of hydrogen-bond donors (Lipinski definition) is 1. The van der Waals surface area contributed by atoms with E-state index in [2.05, 4.69) is 5.32 Å². The molecule has 1 N–H and O–H groups in total. The molecule has 0 aromatic heterocycles. The van der Waals surface area contributed by atoms with E-state index in [1.807, 2.05) is 13.8 Å². The second-order valence-electron chi connectivity index (χ2n) is 4.05. The zero-order valence-corrected chi connectivity index (χ0v) is 10.9. The van der Waals surface area contributed by atoms with Crippen molar-refractivity contribution in [1.82, 2.24) is 5.32 Å². The van der Waals surface area contributed by atoms with Gasteiger partial charge in [-0.15, -0.1) is 0 Å². The summed E-state index contributed by atoms with van der Waals surface area (Å²) in [5.74, 6) is -0.432. The zero-order chi connectivity index (χ0) is 13.5. The normalized spacial score (nSPS) is 12.4. The van der Waals surface area contributed by atoms with Crippen LogP contribution >= 0.6 is 0 Å². The first-order valence-corrected chi connectivity index (χ1v) is 5.89. The highest BCUT2D eigenvalue weighted by Gasteiger charge is 2.03. The van der Waals surface area contributed by atoms with Crippen molar-refractivity contribution in [3.05, 3.63) is 35.7 Å². The fourth-order valence-corrected chi connectivity index (χ4v) is 1.35. The molecule has 0 aliphatic rings. The summed E-state index contributed by atoms with van der Waals surface area (Å²) in [5.41, 5.74) is 0.618. The summed E-state index contributed by atoms with van der Waals surface area (Å²) < 4.78 is 18.2. The van der Waals surface area contributed by atoms with Gasteiger partial charge in [-0.05, 0) is 37.1 Å². The van der Waals surface area contributed by atoms with Gasteiger partial charge in [-0.3, -0.25) is 4.79 Å². The summed E-state index contributed by atoms with van der Waals surface area (Å²) in [6.07, 6.45) is 3.84. The van der Waals surface area contributed by atoms with Crippen molar-refractivity contribution in [2.75, 3.05) is 7.11 Å². The predicted octanol–water partition coefficient (Wildman–Crippen LogP) is 2.76. The van der Waals surface area contributed by atoms with Crippen LogP contribution in [0.5, 0.6) is 5.75 Å². The Morgan fingerprint density at radius 1 is 1.56 bits per heavy atom. The molecule has 0 radical (unpaired) electrons. The number of carbonyl (C=O) groups is 1. The minimum absolute atomic E-state index is 0.134. The third kappa shape index (κ3) is 4.20. The fourth-order valence-electron chi connectivity index (χ4n) is 1.35. The maximum atomic E-state index is 13.4. The Labute approximate surface area is 107 Å². The number of rotatable bonds is 5. The van der Waals surface area contributed by atoms with Crippen LogP contribution in [-0.2, 0) is 4.79 Å². The summed E-state index contributed by atoms with van der Waals surface area (Å²) in [4.78, 5) is 11.5. The Morgan fingerprint density at radius 2 is 2.28 bits per heavy atom. The van der Waals surface area contributed by atoms with E-state index in [1.165, 1.54) is 25.3 Å². The summed E-state index contributed by atoms with van der Waals surface area (Å²) >= 11 is 0. The van der Waals surface area contributed by atoms with Crippen molar-refractivity contribution in [3.63, 3.8) is 0 Å². The molecule has 98 valence electrons. The Hall–Kier alpha value is -1.84. The van der Waals surface area contributed by atoms with Crippen molar-refractivity contribution in [1.29, 1.82) is 0 Å². The quantitative estimate of drug-likeness (QED) is 0.817. The second-order valence-corrected chi connectivity index (χ2v) is 4.05. The number of amides is 1. The SMILES string of the molecule is CCC(C)NC(=O)C=Cc1ccc(OC)c(F)c1. The third-order valence-corrected chi connectivity index (χ3v) is 2.60. The standard InChI is InChI=1S/C14H18FNO2/c1-4-10(2)16-14(17)8-6-11-5-7-13(18-3)12(15)9-11/h5-10H,4H2,1-3H3,(H,16,17). The molecular formula is C14H18FNO2. The van der Waals surface area contributed by atoms with Crippen LogP contribution < -0.4 is 10.1 Å². The highest BCUT2D eigenvalue weighted by atomic mass is 19.1. The lowest BCUT2D eigenvalue weighted by Gasteiger charge is -2.08. The van der Waals surface area contributed by atoms with Crippen LogP contribution in [0.3, 0.4) is 0 Å². The number of nitrogens with one attached hydrogen (secondary N) is 1. The predicted molar refractivity (Wildman–Crippen MR) is 69.9 cm³/mol. The molecule has 0 spiro atoms. The summed E-state index contributed by atoms with van der Waals surface area (Å²) in [6, 6.07) is 4.68. The molecule has 4 heteroatoms. The molecule has 1 aromatic carbocycles. The number of methoxy groups -OCH3 is 1. The van der Waals surface area contributed by atoms with E-state index in [9.17, 15) is 9.18 Å². The Kier molecular flexibility index (Phi) is 5.36. The second kappa shape index (κ2) is 6.79. The molecule has 1 unspecified atom stereocenters. The molecule has 0 saturated heterocycles. The molecule has 18 heavy (non-hydrogen) atoms. The van der Waals surface area contributed by atoms with Gasteiger partial charge in [0.2, 0.25) is 5.91 Å². The lowest BCUT2D eigenvalue weighted by atomic mass is 10.2. The van der Waals surface area contributed by atoms with Crippen molar-refractivity contribution in [2.45, 2.75) is 26.3 Å². The van der Waals surface area contributed by atoms with Crippen molar-refractivity contribution < 1.29 is 13.9 Å². The molecule has 3 nitrogen and oxygen atoms in total. The van der Waals surface area contributed by atoms with E-state index in [4.69, 9.17) is 4.74 Å². The molecule has 1 aromatic rings. The fraction of sp³-hybridized carbons (Fsp3) is 0.357. The highest BCUT2D eigenvalue weighted by molar-refractivity contribution is 5.91. The number of ether oxygens (including phenoxy) is 1. The van der Waals surface area contributed by atoms with Gasteiger partial charge in [0.05, 0.1) is 7.11 Å². The zero-order valence-electron chi connectivity index (χ0n) is 10.9. The van der Waals surface area contributed by atoms with E-state index in [0.29, 0.717) is 5.56 Å². The average molecular weight is 251 g/mol. The van der Waals surface area contributed by atoms with Crippen LogP contribution in [0.4, 0.5) is 4.39 Å². The topological polar surface area (TPSA) is 38.3 Å². The van der Waals surface area contributed by atoms with Crippen molar-refractivity contribution in [2.24, 2.45) is 0 Å². The van der Waals surface area contributed by atoms with Gasteiger partial charge in [0.1, 0.15) is 0 Å². The van der Waals surface area contributed by atoms with Crippen LogP contribution in [0.25, 0.3) is 6.08 Å². The Bertz CT molecular complexity index is 443. The summed E-state index contributed by atoms with van der Waals surface area (Å²) in [5, 5.41) is 2.79. The van der Waals surface area contributed by atoms with Gasteiger partial charge in [0.15, 0.2) is 11.6 Å². The number of carbonyl (C=O) groups excluding carboxylic acids is 1.